The zero-order chi connectivity index (χ0) is 7.49. The average Bonchev–Trinajstić information content (AvgIpc) is 1.65. The molecule has 0 unspecified atom stereocenters. The molecule has 0 bridgehead atoms. The molecule has 0 aromatic carbocycles. The fourth-order valence-corrected chi connectivity index (χ4v) is 1.24. The van der Waals surface area contributed by atoms with E-state index in [9.17, 15) is 13.2 Å². The SMILES string of the molecule is CCCS(=O)(=O)C(C)=O. The third-order valence-electron chi connectivity index (χ3n) is 0.911. The summed E-state index contributed by atoms with van der Waals surface area (Å²) in [5.41, 5.74) is 0. The molecular weight excluding hydrogens is 140 g/mol. The Hall–Kier alpha value is -0.380. The van der Waals surface area contributed by atoms with Gasteiger partial charge in [0.2, 0.25) is 15.0 Å². The van der Waals surface area contributed by atoms with Crippen LogP contribution in [-0.2, 0) is 14.6 Å². The van der Waals surface area contributed by atoms with Gasteiger partial charge >= 0.3 is 0 Å². The van der Waals surface area contributed by atoms with Crippen molar-refractivity contribution < 1.29 is 13.2 Å². The van der Waals surface area contributed by atoms with Crippen molar-refractivity contribution in [3.05, 3.63) is 0 Å². The summed E-state index contributed by atoms with van der Waals surface area (Å²) >= 11 is 0. The van der Waals surface area contributed by atoms with Gasteiger partial charge in [0, 0.05) is 6.92 Å². The minimum atomic E-state index is -3.39. The van der Waals surface area contributed by atoms with Gasteiger partial charge in [-0.3, -0.25) is 4.79 Å². The van der Waals surface area contributed by atoms with Gasteiger partial charge in [-0.15, -0.1) is 0 Å². The smallest absolute Gasteiger partial charge is 0.243 e. The Kier molecular flexibility index (Phi) is 2.84. The number of hydrogen-bond donors (Lipinski definition) is 0. The van der Waals surface area contributed by atoms with Gasteiger partial charge in [0.25, 0.3) is 0 Å². The molecule has 0 atom stereocenters. The largest absolute Gasteiger partial charge is 0.282 e. The lowest BCUT2D eigenvalue weighted by Gasteiger charge is -1.92. The van der Waals surface area contributed by atoms with E-state index in [1.807, 2.05) is 0 Å². The molecule has 3 nitrogen and oxygen atoms in total. The zero-order valence-electron chi connectivity index (χ0n) is 5.55. The predicted molar refractivity (Wildman–Crippen MR) is 34.8 cm³/mol. The van der Waals surface area contributed by atoms with Crippen LogP contribution in [0.3, 0.4) is 0 Å². The van der Waals surface area contributed by atoms with Crippen molar-refractivity contribution in [3.63, 3.8) is 0 Å². The van der Waals surface area contributed by atoms with Crippen LogP contribution in [0.4, 0.5) is 0 Å². The van der Waals surface area contributed by atoms with Gasteiger partial charge in [-0.05, 0) is 6.42 Å². The second-order valence-corrected chi connectivity index (χ2v) is 4.02. The maximum absolute atomic E-state index is 10.6. The lowest BCUT2D eigenvalue weighted by molar-refractivity contribution is -0.109. The minimum absolute atomic E-state index is 0.0255. The van der Waals surface area contributed by atoms with Crippen LogP contribution in [0.5, 0.6) is 0 Å². The first-order chi connectivity index (χ1) is 4.00. The van der Waals surface area contributed by atoms with Crippen molar-refractivity contribution in [2.45, 2.75) is 20.3 Å². The third-order valence-corrected chi connectivity index (χ3v) is 2.73. The van der Waals surface area contributed by atoms with Crippen LogP contribution >= 0.6 is 0 Å². The van der Waals surface area contributed by atoms with E-state index in [4.69, 9.17) is 0 Å². The molecule has 0 aliphatic rings. The van der Waals surface area contributed by atoms with E-state index in [0.29, 0.717) is 6.42 Å². The molecule has 0 aliphatic heterocycles. The van der Waals surface area contributed by atoms with E-state index in [1.165, 1.54) is 0 Å². The van der Waals surface area contributed by atoms with Gasteiger partial charge in [-0.1, -0.05) is 6.92 Å². The molecule has 0 radical (unpaired) electrons. The normalized spacial score (nSPS) is 11.3. The van der Waals surface area contributed by atoms with Crippen molar-refractivity contribution in [1.82, 2.24) is 0 Å². The molecule has 9 heavy (non-hydrogen) atoms. The Morgan fingerprint density at radius 3 is 2.00 bits per heavy atom. The first-order valence-electron chi connectivity index (χ1n) is 2.74. The van der Waals surface area contributed by atoms with E-state index in [0.717, 1.165) is 6.92 Å². The Morgan fingerprint density at radius 1 is 1.44 bits per heavy atom. The van der Waals surface area contributed by atoms with Crippen LogP contribution in [0.1, 0.15) is 20.3 Å². The van der Waals surface area contributed by atoms with E-state index in [1.54, 1.807) is 6.92 Å². The number of sulfone groups is 1. The summed E-state index contributed by atoms with van der Waals surface area (Å²) in [6.45, 7) is 2.80. The summed E-state index contributed by atoms with van der Waals surface area (Å²) in [4.78, 5) is 10.3. The summed E-state index contributed by atoms with van der Waals surface area (Å²) in [5.74, 6) is -0.0255. The fraction of sp³-hybridized carbons (Fsp3) is 0.800. The summed E-state index contributed by atoms with van der Waals surface area (Å²) in [6.07, 6.45) is 0.502. The van der Waals surface area contributed by atoms with E-state index < -0.39 is 15.0 Å². The molecule has 0 rings (SSSR count). The second-order valence-electron chi connectivity index (χ2n) is 1.81. The molecule has 0 aromatic heterocycles. The molecule has 0 heterocycles. The minimum Gasteiger partial charge on any atom is -0.282 e. The Bertz CT molecular complexity index is 190. The molecule has 0 spiro atoms. The molecule has 0 fully saturated rings. The highest BCUT2D eigenvalue weighted by molar-refractivity contribution is 8.06. The monoisotopic (exact) mass is 150 g/mol. The standard InChI is InChI=1S/C5H10O3S/c1-3-4-9(7,8)5(2)6/h3-4H2,1-2H3. The fourth-order valence-electron chi connectivity index (χ4n) is 0.412. The van der Waals surface area contributed by atoms with Gasteiger partial charge in [-0.2, -0.15) is 0 Å². The Labute approximate surface area is 55.0 Å². The summed E-state index contributed by atoms with van der Waals surface area (Å²) < 4.78 is 21.2. The van der Waals surface area contributed by atoms with Gasteiger partial charge in [0.1, 0.15) is 0 Å². The van der Waals surface area contributed by atoms with Crippen LogP contribution < -0.4 is 0 Å². The maximum Gasteiger partial charge on any atom is 0.243 e. The highest BCUT2D eigenvalue weighted by Gasteiger charge is 2.14. The van der Waals surface area contributed by atoms with Crippen LogP contribution in [-0.4, -0.2) is 19.3 Å². The van der Waals surface area contributed by atoms with E-state index in [2.05, 4.69) is 0 Å². The molecule has 0 N–H and O–H groups in total. The first kappa shape index (κ1) is 8.62. The average molecular weight is 150 g/mol. The lowest BCUT2D eigenvalue weighted by Crippen LogP contribution is -2.13. The summed E-state index contributed by atoms with van der Waals surface area (Å²) in [6, 6.07) is 0. The van der Waals surface area contributed by atoms with Gasteiger partial charge in [0.15, 0.2) is 0 Å². The number of rotatable bonds is 2. The van der Waals surface area contributed by atoms with Gasteiger partial charge in [0.05, 0.1) is 5.75 Å². The molecule has 0 aromatic rings. The lowest BCUT2D eigenvalue weighted by atomic mass is 10.6. The highest BCUT2D eigenvalue weighted by Crippen LogP contribution is 1.93. The molecule has 0 saturated carbocycles. The second kappa shape index (κ2) is 2.96. The Balaban J connectivity index is 4.23. The van der Waals surface area contributed by atoms with Crippen LogP contribution in [0.2, 0.25) is 0 Å². The van der Waals surface area contributed by atoms with Crippen molar-refractivity contribution >= 4 is 15.0 Å². The molecule has 0 saturated heterocycles. The van der Waals surface area contributed by atoms with Crippen molar-refractivity contribution in [1.29, 1.82) is 0 Å². The summed E-state index contributed by atoms with van der Waals surface area (Å²) in [7, 11) is -3.39. The van der Waals surface area contributed by atoms with Crippen LogP contribution in [0.15, 0.2) is 0 Å². The van der Waals surface area contributed by atoms with Gasteiger partial charge in [-0.25, -0.2) is 8.42 Å². The van der Waals surface area contributed by atoms with Crippen LogP contribution in [0, 0.1) is 0 Å². The molecule has 4 heteroatoms. The topological polar surface area (TPSA) is 51.2 Å². The summed E-state index contributed by atoms with van der Waals surface area (Å²) in [5, 5.41) is -0.732. The number of carbonyl (C=O) groups is 1. The van der Waals surface area contributed by atoms with Gasteiger partial charge < -0.3 is 0 Å². The Morgan fingerprint density at radius 2 is 1.89 bits per heavy atom. The molecule has 0 amide bonds. The highest BCUT2D eigenvalue weighted by atomic mass is 32.2. The molecular formula is C5H10O3S. The van der Waals surface area contributed by atoms with Crippen molar-refractivity contribution in [3.8, 4) is 0 Å². The van der Waals surface area contributed by atoms with Crippen LogP contribution in [0.25, 0.3) is 0 Å². The van der Waals surface area contributed by atoms with Crippen molar-refractivity contribution in [2.75, 3.05) is 5.75 Å². The van der Waals surface area contributed by atoms with E-state index >= 15 is 0 Å². The quantitative estimate of drug-likeness (QED) is 0.571. The zero-order valence-corrected chi connectivity index (χ0v) is 6.36. The number of carbonyl (C=O) groups excluding carboxylic acids is 1. The van der Waals surface area contributed by atoms with Crippen molar-refractivity contribution in [2.24, 2.45) is 0 Å². The molecule has 0 aliphatic carbocycles. The predicted octanol–water partition coefficient (Wildman–Crippen LogP) is 0.358. The first-order valence-corrected chi connectivity index (χ1v) is 4.39. The maximum atomic E-state index is 10.6. The number of hydrogen-bond acceptors (Lipinski definition) is 3. The molecule has 54 valence electrons. The third kappa shape index (κ3) is 2.60. The van der Waals surface area contributed by atoms with E-state index in [-0.39, 0.29) is 5.75 Å².